The summed E-state index contributed by atoms with van der Waals surface area (Å²) in [5.74, 6) is -0.348. The molecule has 1 fully saturated rings. The van der Waals surface area contributed by atoms with Gasteiger partial charge in [-0.1, -0.05) is 15.9 Å². The molecule has 1 atom stereocenters. The summed E-state index contributed by atoms with van der Waals surface area (Å²) >= 11 is 3.39. The number of aromatic nitrogens is 1. The van der Waals surface area contributed by atoms with Gasteiger partial charge in [0, 0.05) is 28.8 Å². The van der Waals surface area contributed by atoms with E-state index in [9.17, 15) is 20.2 Å². The second-order valence-corrected chi connectivity index (χ2v) is 8.29. The number of nitrogens with one attached hydrogen (secondary N) is 2. The topological polar surface area (TPSA) is 176 Å². The summed E-state index contributed by atoms with van der Waals surface area (Å²) in [4.78, 5) is 31.5. The Hall–Kier alpha value is -3.85. The maximum Gasteiger partial charge on any atom is 0.311 e. The first-order valence-corrected chi connectivity index (χ1v) is 10.1. The number of halogens is 1. The lowest BCUT2D eigenvalue weighted by atomic mass is 9.69. The van der Waals surface area contributed by atoms with E-state index in [2.05, 4.69) is 31.5 Å². The second kappa shape index (κ2) is 6.32. The van der Waals surface area contributed by atoms with Crippen molar-refractivity contribution >= 4 is 44.8 Å². The zero-order chi connectivity index (χ0) is 22.1. The number of nitrogen functional groups attached to an aromatic ring is 2. The lowest BCUT2D eigenvalue weighted by Crippen LogP contribution is -2.53. The molecule has 31 heavy (non-hydrogen) atoms. The molecular formula is C19H15BrN8O3. The van der Waals surface area contributed by atoms with E-state index in [-0.39, 0.29) is 40.0 Å². The molecule has 156 valence electrons. The molecule has 6 N–H and O–H groups in total. The van der Waals surface area contributed by atoms with Crippen molar-refractivity contribution in [2.24, 2.45) is 0 Å². The van der Waals surface area contributed by atoms with Crippen molar-refractivity contribution in [2.75, 3.05) is 34.8 Å². The quantitative estimate of drug-likeness (QED) is 0.345. The van der Waals surface area contributed by atoms with E-state index in [0.717, 1.165) is 0 Å². The van der Waals surface area contributed by atoms with Gasteiger partial charge in [0.1, 0.15) is 23.3 Å². The summed E-state index contributed by atoms with van der Waals surface area (Å²) in [6.45, 7) is 0.899. The van der Waals surface area contributed by atoms with Crippen LogP contribution in [0.15, 0.2) is 34.2 Å². The Morgan fingerprint density at radius 2 is 2.16 bits per heavy atom. The fourth-order valence-electron chi connectivity index (χ4n) is 4.64. The molecule has 5 rings (SSSR count). The number of nitrogens with two attached hydrogens (primary N) is 2. The average Bonchev–Trinajstić information content (AvgIpc) is 3.00. The fraction of sp³-hybridized carbons (Fsp3) is 0.211. The van der Waals surface area contributed by atoms with Crippen LogP contribution < -0.4 is 27.0 Å². The van der Waals surface area contributed by atoms with Crippen LogP contribution in [-0.4, -0.2) is 28.9 Å². The third-order valence-electron chi connectivity index (χ3n) is 5.84. The number of nitro groups is 1. The number of nitriles is 1. The summed E-state index contributed by atoms with van der Waals surface area (Å²) in [6, 6.07) is 6.93. The summed E-state index contributed by atoms with van der Waals surface area (Å²) in [5, 5.41) is 27.9. The zero-order valence-corrected chi connectivity index (χ0v) is 17.5. The number of hydrogen-bond donors (Lipinski definition) is 4. The summed E-state index contributed by atoms with van der Waals surface area (Å²) < 4.78 is 0.623. The van der Waals surface area contributed by atoms with E-state index in [0.29, 0.717) is 35.2 Å². The van der Waals surface area contributed by atoms with Crippen molar-refractivity contribution in [1.82, 2.24) is 10.3 Å². The molecule has 0 aliphatic carbocycles. The Kier molecular flexibility index (Phi) is 3.90. The highest BCUT2D eigenvalue weighted by atomic mass is 79.9. The number of nitrogens with zero attached hydrogens (tertiary/aromatic N) is 4. The van der Waals surface area contributed by atoms with Gasteiger partial charge in [0.2, 0.25) is 5.41 Å². The molecule has 2 aromatic rings. The number of hydrogen-bond acceptors (Lipinski definition) is 9. The third kappa shape index (κ3) is 2.26. The van der Waals surface area contributed by atoms with E-state index in [4.69, 9.17) is 11.5 Å². The number of carbonyl (C=O) groups excluding carboxylic acids is 1. The van der Waals surface area contributed by atoms with Crippen LogP contribution in [0, 0.1) is 21.4 Å². The monoisotopic (exact) mass is 482 g/mol. The number of anilines is 4. The smallest absolute Gasteiger partial charge is 0.311 e. The predicted octanol–water partition coefficient (Wildman–Crippen LogP) is 1.38. The van der Waals surface area contributed by atoms with Crippen LogP contribution >= 0.6 is 15.9 Å². The van der Waals surface area contributed by atoms with Gasteiger partial charge in [-0.2, -0.15) is 5.26 Å². The van der Waals surface area contributed by atoms with Crippen LogP contribution in [0.4, 0.5) is 23.0 Å². The number of carbonyl (C=O) groups is 1. The third-order valence-corrected chi connectivity index (χ3v) is 6.34. The molecule has 1 saturated heterocycles. The van der Waals surface area contributed by atoms with E-state index in [1.54, 1.807) is 23.1 Å². The molecule has 1 unspecified atom stereocenters. The second-order valence-electron chi connectivity index (χ2n) is 7.38. The molecule has 0 saturated carbocycles. The molecule has 0 bridgehead atoms. The Balaban J connectivity index is 2.02. The normalized spacial score (nSPS) is 21.0. The first kappa shape index (κ1) is 19.1. The highest BCUT2D eigenvalue weighted by Gasteiger charge is 2.64. The van der Waals surface area contributed by atoms with E-state index < -0.39 is 16.2 Å². The minimum Gasteiger partial charge on any atom is -0.397 e. The van der Waals surface area contributed by atoms with Gasteiger partial charge in [0.05, 0.1) is 16.2 Å². The largest absolute Gasteiger partial charge is 0.397 e. The molecule has 3 aliphatic heterocycles. The number of rotatable bonds is 1. The summed E-state index contributed by atoms with van der Waals surface area (Å²) in [5.41, 5.74) is 10.7. The Bertz CT molecular complexity index is 1280. The predicted molar refractivity (Wildman–Crippen MR) is 115 cm³/mol. The molecule has 3 aliphatic rings. The molecular weight excluding hydrogens is 468 g/mol. The molecule has 1 spiro atoms. The maximum absolute atomic E-state index is 13.6. The number of fused-ring (bicyclic) bond motifs is 6. The van der Waals surface area contributed by atoms with E-state index in [1.807, 2.05) is 6.07 Å². The van der Waals surface area contributed by atoms with Crippen molar-refractivity contribution in [3.8, 4) is 6.07 Å². The lowest BCUT2D eigenvalue weighted by molar-refractivity contribution is -0.434. The standard InChI is InChI=1S/C19H15BrN8O3/c20-8-2-3-11-10(6-8)19(18(29)25-11)12-13(22)9(7-21)15(23)26-16(12)27-5-1-4-24-17(27)14(19)28(30)31/h2-3,6,24H,1,4-5H2,(H,25,29)(H4,22,23,26). The van der Waals surface area contributed by atoms with Crippen LogP contribution in [0.3, 0.4) is 0 Å². The van der Waals surface area contributed by atoms with Gasteiger partial charge in [-0.25, -0.2) is 4.98 Å². The summed E-state index contributed by atoms with van der Waals surface area (Å²) in [6.07, 6.45) is 0.677. The van der Waals surface area contributed by atoms with Crippen molar-refractivity contribution in [3.63, 3.8) is 0 Å². The molecule has 11 nitrogen and oxygen atoms in total. The average molecular weight is 483 g/mol. The zero-order valence-electron chi connectivity index (χ0n) is 15.9. The molecule has 1 aromatic heterocycles. The Labute approximate surface area is 184 Å². The van der Waals surface area contributed by atoms with E-state index >= 15 is 0 Å². The number of amides is 1. The molecule has 1 amide bonds. The Morgan fingerprint density at radius 1 is 1.39 bits per heavy atom. The van der Waals surface area contributed by atoms with Crippen molar-refractivity contribution in [1.29, 1.82) is 5.26 Å². The van der Waals surface area contributed by atoms with Crippen LogP contribution in [0.25, 0.3) is 0 Å². The summed E-state index contributed by atoms with van der Waals surface area (Å²) in [7, 11) is 0. The highest BCUT2D eigenvalue weighted by Crippen LogP contribution is 2.57. The highest BCUT2D eigenvalue weighted by molar-refractivity contribution is 9.10. The van der Waals surface area contributed by atoms with Gasteiger partial charge in [-0.05, 0) is 24.6 Å². The fourth-order valence-corrected chi connectivity index (χ4v) is 5.00. The van der Waals surface area contributed by atoms with Gasteiger partial charge in [-0.15, -0.1) is 0 Å². The van der Waals surface area contributed by atoms with Gasteiger partial charge in [-0.3, -0.25) is 14.9 Å². The van der Waals surface area contributed by atoms with Gasteiger partial charge < -0.3 is 27.0 Å². The number of pyridine rings is 1. The maximum atomic E-state index is 13.6. The molecule has 0 radical (unpaired) electrons. The van der Waals surface area contributed by atoms with Crippen LogP contribution in [0.1, 0.15) is 23.1 Å². The van der Waals surface area contributed by atoms with Crippen molar-refractivity contribution in [3.05, 3.63) is 61.0 Å². The Morgan fingerprint density at radius 3 is 2.87 bits per heavy atom. The SMILES string of the molecule is N#Cc1c(N)nc2c(c1N)C1(C(=O)Nc3ccc(Br)cc31)C([N+](=O)[O-])=C1NCCCN12. The first-order valence-electron chi connectivity index (χ1n) is 9.34. The van der Waals surface area contributed by atoms with Gasteiger partial charge in [0.25, 0.3) is 5.91 Å². The van der Waals surface area contributed by atoms with Crippen LogP contribution in [-0.2, 0) is 10.2 Å². The van der Waals surface area contributed by atoms with Gasteiger partial charge >= 0.3 is 5.70 Å². The number of benzene rings is 1. The minimum absolute atomic E-state index is 0.0896. The van der Waals surface area contributed by atoms with Crippen molar-refractivity contribution < 1.29 is 9.72 Å². The molecule has 1 aromatic carbocycles. The van der Waals surface area contributed by atoms with Crippen LogP contribution in [0.5, 0.6) is 0 Å². The molecule has 12 heteroatoms. The van der Waals surface area contributed by atoms with E-state index in [1.165, 1.54) is 0 Å². The lowest BCUT2D eigenvalue weighted by Gasteiger charge is -2.41. The first-order chi connectivity index (χ1) is 14.8. The van der Waals surface area contributed by atoms with Crippen LogP contribution in [0.2, 0.25) is 0 Å². The molecule has 4 heterocycles. The van der Waals surface area contributed by atoms with Gasteiger partial charge in [0.15, 0.2) is 5.82 Å². The van der Waals surface area contributed by atoms with Crippen molar-refractivity contribution in [2.45, 2.75) is 11.8 Å². The minimum atomic E-state index is -1.91.